The number of pyridine rings is 1. The highest BCUT2D eigenvalue weighted by Gasteiger charge is 2.31. The van der Waals surface area contributed by atoms with Crippen LogP contribution >= 0.6 is 15.9 Å². The minimum Gasteiger partial charge on any atom is -0.462 e. The Hall–Kier alpha value is -3.02. The molecule has 4 rings (SSSR count). The van der Waals surface area contributed by atoms with E-state index in [2.05, 4.69) is 21.2 Å². The fourth-order valence-corrected chi connectivity index (χ4v) is 4.90. The van der Waals surface area contributed by atoms with E-state index in [1.807, 2.05) is 7.05 Å². The van der Waals surface area contributed by atoms with Crippen LogP contribution in [-0.2, 0) is 11.3 Å². The third-order valence-corrected chi connectivity index (χ3v) is 6.64. The first-order valence-electron chi connectivity index (χ1n) is 10.6. The smallest absolute Gasteiger partial charge is 0.343 e. The number of nitrogens with zero attached hydrogens (tertiary/aromatic N) is 2. The standard InChI is InChI=1S/C23H23BrF2N4O4/c1-3-34-23(33)14-9-30(18-6-17(27)15(25)4-11(18)10-31)20-13(22(14)32)5-16(26)21(19(20)24)29-7-12(8-29)28-2/h4-6,9,12,28,31H,3,7-8,10,27H2,1-2H3. The summed E-state index contributed by atoms with van der Waals surface area (Å²) in [5, 5.41) is 12.9. The number of carbonyl (C=O) groups excluding carboxylic acids is 1. The van der Waals surface area contributed by atoms with Gasteiger partial charge in [-0.05, 0) is 48.1 Å². The quantitative estimate of drug-likeness (QED) is 0.328. The van der Waals surface area contributed by atoms with Crippen molar-refractivity contribution in [3.8, 4) is 5.69 Å². The Bertz CT molecular complexity index is 1360. The molecule has 0 saturated carbocycles. The van der Waals surface area contributed by atoms with Gasteiger partial charge in [0.1, 0.15) is 17.2 Å². The number of benzene rings is 2. The van der Waals surface area contributed by atoms with Gasteiger partial charge in [-0.2, -0.15) is 0 Å². The molecule has 1 saturated heterocycles. The van der Waals surface area contributed by atoms with E-state index in [1.165, 1.54) is 16.8 Å². The van der Waals surface area contributed by atoms with Crippen LogP contribution < -0.4 is 21.4 Å². The van der Waals surface area contributed by atoms with Crippen LogP contribution in [0.1, 0.15) is 22.8 Å². The molecule has 2 heterocycles. The molecule has 180 valence electrons. The van der Waals surface area contributed by atoms with Crippen molar-refractivity contribution in [2.24, 2.45) is 0 Å². The minimum atomic E-state index is -0.885. The highest BCUT2D eigenvalue weighted by Crippen LogP contribution is 2.39. The summed E-state index contributed by atoms with van der Waals surface area (Å²) in [6.45, 7) is 2.18. The number of anilines is 2. The van der Waals surface area contributed by atoms with Crippen LogP contribution in [0.3, 0.4) is 0 Å². The predicted molar refractivity (Wildman–Crippen MR) is 129 cm³/mol. The molecule has 1 aliphatic rings. The lowest BCUT2D eigenvalue weighted by Gasteiger charge is -2.41. The second-order valence-corrected chi connectivity index (χ2v) is 8.72. The summed E-state index contributed by atoms with van der Waals surface area (Å²) >= 11 is 3.46. The Balaban J connectivity index is 2.09. The number of likely N-dealkylation sites (N-methyl/N-ethyl adjacent to an activating group) is 1. The first kappa shape index (κ1) is 24.1. The van der Waals surface area contributed by atoms with E-state index in [1.54, 1.807) is 11.8 Å². The number of nitrogens with one attached hydrogen (secondary N) is 1. The van der Waals surface area contributed by atoms with Gasteiger partial charge in [0.05, 0.1) is 45.7 Å². The van der Waals surface area contributed by atoms with Crippen LogP contribution in [0, 0.1) is 11.6 Å². The van der Waals surface area contributed by atoms with Crippen molar-refractivity contribution < 1.29 is 23.4 Å². The maximum absolute atomic E-state index is 15.3. The molecular weight excluding hydrogens is 514 g/mol. The van der Waals surface area contributed by atoms with Gasteiger partial charge in [0, 0.05) is 30.9 Å². The van der Waals surface area contributed by atoms with Crippen LogP contribution in [0.25, 0.3) is 16.6 Å². The number of hydrogen-bond acceptors (Lipinski definition) is 7. The average molecular weight is 537 g/mol. The molecule has 0 amide bonds. The molecule has 4 N–H and O–H groups in total. The largest absolute Gasteiger partial charge is 0.462 e. The summed E-state index contributed by atoms with van der Waals surface area (Å²) in [5.74, 6) is -2.25. The van der Waals surface area contributed by atoms with Crippen molar-refractivity contribution in [2.75, 3.05) is 37.4 Å². The normalized spacial score (nSPS) is 13.9. The molecule has 0 atom stereocenters. The fourth-order valence-electron chi connectivity index (χ4n) is 4.05. The van der Waals surface area contributed by atoms with E-state index in [0.717, 1.165) is 12.1 Å². The lowest BCUT2D eigenvalue weighted by atomic mass is 10.0. The molecule has 11 heteroatoms. The number of aromatic nitrogens is 1. The number of halogens is 3. The van der Waals surface area contributed by atoms with Crippen molar-refractivity contribution in [3.05, 3.63) is 61.9 Å². The van der Waals surface area contributed by atoms with E-state index < -0.39 is 29.6 Å². The molecule has 1 fully saturated rings. The van der Waals surface area contributed by atoms with Gasteiger partial charge in [-0.1, -0.05) is 0 Å². The molecule has 0 unspecified atom stereocenters. The maximum atomic E-state index is 15.3. The maximum Gasteiger partial charge on any atom is 0.343 e. The Morgan fingerprint density at radius 2 is 2.00 bits per heavy atom. The Morgan fingerprint density at radius 1 is 1.29 bits per heavy atom. The monoisotopic (exact) mass is 536 g/mol. The number of aliphatic hydroxyl groups excluding tert-OH is 1. The highest BCUT2D eigenvalue weighted by atomic mass is 79.9. The number of hydrogen-bond donors (Lipinski definition) is 3. The predicted octanol–water partition coefficient (Wildman–Crippen LogP) is 2.69. The van der Waals surface area contributed by atoms with Gasteiger partial charge in [-0.3, -0.25) is 4.79 Å². The average Bonchev–Trinajstić information content (AvgIpc) is 2.77. The van der Waals surface area contributed by atoms with Gasteiger partial charge in [0.25, 0.3) is 0 Å². The van der Waals surface area contributed by atoms with Gasteiger partial charge in [-0.15, -0.1) is 0 Å². The summed E-state index contributed by atoms with van der Waals surface area (Å²) in [6.07, 6.45) is 1.24. The van der Waals surface area contributed by atoms with Crippen molar-refractivity contribution >= 4 is 44.2 Å². The number of fused-ring (bicyclic) bond motifs is 1. The van der Waals surface area contributed by atoms with Gasteiger partial charge < -0.3 is 30.4 Å². The van der Waals surface area contributed by atoms with E-state index >= 15 is 4.39 Å². The van der Waals surface area contributed by atoms with Gasteiger partial charge in [0.15, 0.2) is 0 Å². The summed E-state index contributed by atoms with van der Waals surface area (Å²) < 4.78 is 36.1. The first-order valence-corrected chi connectivity index (χ1v) is 11.4. The van der Waals surface area contributed by atoms with Crippen molar-refractivity contribution in [2.45, 2.75) is 19.6 Å². The topological polar surface area (TPSA) is 110 Å². The van der Waals surface area contributed by atoms with E-state index in [-0.39, 0.29) is 56.2 Å². The number of nitrogens with two attached hydrogens (primary N) is 1. The Labute approximate surface area is 202 Å². The zero-order valence-electron chi connectivity index (χ0n) is 18.5. The molecular formula is C23H23BrF2N4O4. The summed E-state index contributed by atoms with van der Waals surface area (Å²) in [4.78, 5) is 27.6. The second-order valence-electron chi connectivity index (χ2n) is 7.93. The number of carbonyl (C=O) groups is 1. The second kappa shape index (κ2) is 9.32. The van der Waals surface area contributed by atoms with Crippen molar-refractivity contribution in [1.29, 1.82) is 0 Å². The van der Waals surface area contributed by atoms with E-state index in [0.29, 0.717) is 13.1 Å². The molecule has 0 aliphatic carbocycles. The molecule has 2 aromatic carbocycles. The molecule has 34 heavy (non-hydrogen) atoms. The van der Waals surface area contributed by atoms with Gasteiger partial charge in [-0.25, -0.2) is 13.6 Å². The van der Waals surface area contributed by atoms with E-state index in [9.17, 15) is 19.1 Å². The van der Waals surface area contributed by atoms with Crippen LogP contribution in [-0.4, -0.2) is 48.4 Å². The molecule has 3 aromatic rings. The lowest BCUT2D eigenvalue weighted by Crippen LogP contribution is -2.57. The van der Waals surface area contributed by atoms with Crippen LogP contribution in [0.5, 0.6) is 0 Å². The third-order valence-electron chi connectivity index (χ3n) is 5.89. The van der Waals surface area contributed by atoms with Crippen molar-refractivity contribution in [3.63, 3.8) is 0 Å². The number of rotatable bonds is 6. The van der Waals surface area contributed by atoms with Crippen molar-refractivity contribution in [1.82, 2.24) is 9.88 Å². The Kier molecular flexibility index (Phi) is 6.61. The first-order chi connectivity index (χ1) is 16.2. The summed E-state index contributed by atoms with van der Waals surface area (Å²) in [7, 11) is 1.82. The lowest BCUT2D eigenvalue weighted by molar-refractivity contribution is 0.0524. The minimum absolute atomic E-state index is 0.0281. The molecule has 1 aliphatic heterocycles. The molecule has 8 nitrogen and oxygen atoms in total. The summed E-state index contributed by atoms with van der Waals surface area (Å²) in [5.41, 5.74) is 5.42. The summed E-state index contributed by atoms with van der Waals surface area (Å²) in [6, 6.07) is 3.63. The number of ether oxygens (including phenoxy) is 1. The van der Waals surface area contributed by atoms with Gasteiger partial charge in [0.2, 0.25) is 5.43 Å². The molecule has 0 radical (unpaired) electrons. The fraction of sp³-hybridized carbons (Fsp3) is 0.304. The van der Waals surface area contributed by atoms with Crippen LogP contribution in [0.15, 0.2) is 33.7 Å². The van der Waals surface area contributed by atoms with E-state index in [4.69, 9.17) is 10.5 Å². The molecule has 1 aromatic heterocycles. The Morgan fingerprint density at radius 3 is 2.62 bits per heavy atom. The molecule has 0 spiro atoms. The SMILES string of the molecule is CCOC(=O)c1cn(-c2cc(N)c(F)cc2CO)c2c(Br)c(N3CC(NC)C3)c(F)cc2c1=O. The number of nitrogen functional groups attached to an aromatic ring is 1. The molecule has 0 bridgehead atoms. The zero-order valence-corrected chi connectivity index (χ0v) is 20.1. The highest BCUT2D eigenvalue weighted by molar-refractivity contribution is 9.10. The van der Waals surface area contributed by atoms with Crippen LogP contribution in [0.2, 0.25) is 0 Å². The van der Waals surface area contributed by atoms with Crippen LogP contribution in [0.4, 0.5) is 20.2 Å². The zero-order chi connectivity index (χ0) is 24.7. The number of esters is 1. The number of aliphatic hydroxyl groups is 1. The third kappa shape index (κ3) is 3.93. The van der Waals surface area contributed by atoms with Gasteiger partial charge >= 0.3 is 5.97 Å².